The van der Waals surface area contributed by atoms with Crippen LogP contribution in [0.2, 0.25) is 5.02 Å². The van der Waals surface area contributed by atoms with Crippen LogP contribution < -0.4 is 10.2 Å². The van der Waals surface area contributed by atoms with Crippen LogP contribution in [0.25, 0.3) is 0 Å². The lowest BCUT2D eigenvalue weighted by Gasteiger charge is -2.39. The molecule has 0 amide bonds. The van der Waals surface area contributed by atoms with Gasteiger partial charge in [-0.1, -0.05) is 38.4 Å². The van der Waals surface area contributed by atoms with Crippen molar-refractivity contribution < 1.29 is 0 Å². The Bertz CT molecular complexity index is 470. The van der Waals surface area contributed by atoms with Crippen molar-refractivity contribution in [3.05, 3.63) is 28.8 Å². The van der Waals surface area contributed by atoms with Crippen LogP contribution in [0.3, 0.4) is 0 Å². The Morgan fingerprint density at radius 2 is 2.14 bits per heavy atom. The molecule has 1 unspecified atom stereocenters. The highest BCUT2D eigenvalue weighted by Gasteiger charge is 2.26. The molecule has 0 aromatic heterocycles. The Morgan fingerprint density at radius 1 is 1.38 bits per heavy atom. The van der Waals surface area contributed by atoms with E-state index < -0.39 is 0 Å². The molecule has 3 heteroatoms. The lowest BCUT2D eigenvalue weighted by Crippen LogP contribution is -2.40. The largest absolute Gasteiger partial charge is 0.371 e. The van der Waals surface area contributed by atoms with E-state index in [1.807, 2.05) is 0 Å². The number of piperidine rings is 1. The molecule has 1 atom stereocenters. The number of hydrogen-bond acceptors (Lipinski definition) is 2. The highest BCUT2D eigenvalue weighted by molar-refractivity contribution is 6.31. The molecule has 1 aliphatic heterocycles. The van der Waals surface area contributed by atoms with Crippen molar-refractivity contribution in [3.8, 4) is 0 Å². The number of hydrogen-bond donors (Lipinski definition) is 1. The maximum absolute atomic E-state index is 6.53. The van der Waals surface area contributed by atoms with E-state index in [0.29, 0.717) is 11.5 Å². The second-order valence-electron chi connectivity index (χ2n) is 7.07. The number of benzene rings is 1. The molecular weight excluding hydrogens is 280 g/mol. The number of rotatable bonds is 5. The van der Waals surface area contributed by atoms with Gasteiger partial charge in [0, 0.05) is 29.8 Å². The molecule has 1 aliphatic rings. The van der Waals surface area contributed by atoms with E-state index in [4.69, 9.17) is 11.6 Å². The summed E-state index contributed by atoms with van der Waals surface area (Å²) in [6, 6.07) is 6.87. The Balaban J connectivity index is 2.11. The SMILES string of the molecule is CCCNC(C)c1ccc(N2CCCC(C)(C)C2)cc1Cl. The predicted octanol–water partition coefficient (Wildman–Crippen LogP) is 5.03. The van der Waals surface area contributed by atoms with E-state index in [9.17, 15) is 0 Å². The van der Waals surface area contributed by atoms with Crippen molar-refractivity contribution in [2.45, 2.75) is 53.0 Å². The van der Waals surface area contributed by atoms with E-state index in [2.05, 4.69) is 56.1 Å². The van der Waals surface area contributed by atoms with Crippen LogP contribution in [0.1, 0.15) is 58.6 Å². The van der Waals surface area contributed by atoms with E-state index in [0.717, 1.165) is 31.1 Å². The summed E-state index contributed by atoms with van der Waals surface area (Å²) in [5.74, 6) is 0. The molecule has 1 aromatic rings. The van der Waals surface area contributed by atoms with E-state index in [1.54, 1.807) is 0 Å². The summed E-state index contributed by atoms with van der Waals surface area (Å²) in [5.41, 5.74) is 2.86. The molecule has 1 saturated heterocycles. The molecule has 0 radical (unpaired) electrons. The third kappa shape index (κ3) is 4.37. The average Bonchev–Trinajstić information content (AvgIpc) is 2.43. The fraction of sp³-hybridized carbons (Fsp3) is 0.667. The quantitative estimate of drug-likeness (QED) is 0.821. The molecule has 1 N–H and O–H groups in total. The topological polar surface area (TPSA) is 15.3 Å². The van der Waals surface area contributed by atoms with Gasteiger partial charge < -0.3 is 10.2 Å². The Labute approximate surface area is 134 Å². The molecule has 2 nitrogen and oxygen atoms in total. The van der Waals surface area contributed by atoms with Crippen molar-refractivity contribution in [3.63, 3.8) is 0 Å². The van der Waals surface area contributed by atoms with E-state index in [-0.39, 0.29) is 0 Å². The smallest absolute Gasteiger partial charge is 0.0474 e. The van der Waals surface area contributed by atoms with Crippen molar-refractivity contribution in [2.24, 2.45) is 5.41 Å². The summed E-state index contributed by atoms with van der Waals surface area (Å²) < 4.78 is 0. The van der Waals surface area contributed by atoms with Crippen LogP contribution in [0.4, 0.5) is 5.69 Å². The fourth-order valence-corrected chi connectivity index (χ4v) is 3.52. The Hall–Kier alpha value is -0.730. The summed E-state index contributed by atoms with van der Waals surface area (Å²) in [7, 11) is 0. The van der Waals surface area contributed by atoms with Gasteiger partial charge in [0.25, 0.3) is 0 Å². The summed E-state index contributed by atoms with van der Waals surface area (Å²) >= 11 is 6.53. The second-order valence-corrected chi connectivity index (χ2v) is 7.48. The standard InChI is InChI=1S/C18H29ClN2/c1-5-10-20-14(2)16-8-7-15(12-17(16)19)21-11-6-9-18(3,4)13-21/h7-8,12,14,20H,5-6,9-11,13H2,1-4H3. The zero-order chi connectivity index (χ0) is 15.5. The predicted molar refractivity (Wildman–Crippen MR) is 93.4 cm³/mol. The maximum Gasteiger partial charge on any atom is 0.0474 e. The minimum atomic E-state index is 0.310. The summed E-state index contributed by atoms with van der Waals surface area (Å²) in [6.45, 7) is 12.4. The molecule has 0 spiro atoms. The van der Waals surface area contributed by atoms with Gasteiger partial charge in [0.1, 0.15) is 0 Å². The molecule has 0 bridgehead atoms. The van der Waals surface area contributed by atoms with Gasteiger partial charge in [-0.2, -0.15) is 0 Å². The molecule has 1 fully saturated rings. The first-order valence-electron chi connectivity index (χ1n) is 8.21. The third-order valence-electron chi connectivity index (χ3n) is 4.42. The van der Waals surface area contributed by atoms with Crippen LogP contribution in [-0.4, -0.2) is 19.6 Å². The van der Waals surface area contributed by atoms with Crippen LogP contribution in [0, 0.1) is 5.41 Å². The van der Waals surface area contributed by atoms with Gasteiger partial charge >= 0.3 is 0 Å². The molecule has 1 aromatic carbocycles. The first-order chi connectivity index (χ1) is 9.93. The normalized spacial score (nSPS) is 19.6. The van der Waals surface area contributed by atoms with Crippen molar-refractivity contribution in [1.82, 2.24) is 5.32 Å². The average molecular weight is 309 g/mol. The van der Waals surface area contributed by atoms with Gasteiger partial charge in [-0.25, -0.2) is 0 Å². The fourth-order valence-electron chi connectivity index (χ4n) is 3.18. The monoisotopic (exact) mass is 308 g/mol. The van der Waals surface area contributed by atoms with Crippen LogP contribution >= 0.6 is 11.6 Å². The minimum absolute atomic E-state index is 0.310. The van der Waals surface area contributed by atoms with Gasteiger partial charge in [-0.3, -0.25) is 0 Å². The number of halogens is 1. The molecule has 21 heavy (non-hydrogen) atoms. The van der Waals surface area contributed by atoms with Crippen molar-refractivity contribution >= 4 is 17.3 Å². The second kappa shape index (κ2) is 7.02. The summed E-state index contributed by atoms with van der Waals surface area (Å²) in [4.78, 5) is 2.48. The number of anilines is 1. The molecule has 1 heterocycles. The van der Waals surface area contributed by atoms with Gasteiger partial charge in [0.15, 0.2) is 0 Å². The van der Waals surface area contributed by atoms with Crippen LogP contribution in [0.15, 0.2) is 18.2 Å². The van der Waals surface area contributed by atoms with Gasteiger partial charge in [-0.15, -0.1) is 0 Å². The Morgan fingerprint density at radius 3 is 2.76 bits per heavy atom. The molecule has 118 valence electrons. The molecule has 2 rings (SSSR count). The highest BCUT2D eigenvalue weighted by Crippen LogP contribution is 2.34. The van der Waals surface area contributed by atoms with E-state index >= 15 is 0 Å². The minimum Gasteiger partial charge on any atom is -0.371 e. The maximum atomic E-state index is 6.53. The molecule has 0 saturated carbocycles. The van der Waals surface area contributed by atoms with Crippen LogP contribution in [0.5, 0.6) is 0 Å². The van der Waals surface area contributed by atoms with Crippen molar-refractivity contribution in [2.75, 3.05) is 24.5 Å². The highest BCUT2D eigenvalue weighted by atomic mass is 35.5. The van der Waals surface area contributed by atoms with E-state index in [1.165, 1.54) is 24.1 Å². The molecule has 0 aliphatic carbocycles. The zero-order valence-electron chi connectivity index (χ0n) is 13.9. The zero-order valence-corrected chi connectivity index (χ0v) is 14.6. The summed E-state index contributed by atoms with van der Waals surface area (Å²) in [5, 5.41) is 4.38. The Kier molecular flexibility index (Phi) is 5.56. The third-order valence-corrected chi connectivity index (χ3v) is 4.74. The van der Waals surface area contributed by atoms with Gasteiger partial charge in [0.05, 0.1) is 0 Å². The number of nitrogens with zero attached hydrogens (tertiary/aromatic N) is 1. The van der Waals surface area contributed by atoms with Gasteiger partial charge in [-0.05, 0) is 55.8 Å². The summed E-state index contributed by atoms with van der Waals surface area (Å²) in [6.07, 6.45) is 3.72. The van der Waals surface area contributed by atoms with Crippen molar-refractivity contribution in [1.29, 1.82) is 0 Å². The first-order valence-corrected chi connectivity index (χ1v) is 8.58. The van der Waals surface area contributed by atoms with Gasteiger partial charge in [0.2, 0.25) is 0 Å². The number of nitrogens with one attached hydrogen (secondary N) is 1. The lowest BCUT2D eigenvalue weighted by atomic mass is 9.84. The molecular formula is C18H29ClN2. The van der Waals surface area contributed by atoms with Crippen LogP contribution in [-0.2, 0) is 0 Å². The lowest BCUT2D eigenvalue weighted by molar-refractivity contribution is 0.293. The first kappa shape index (κ1) is 16.6.